The molecule has 2 N–H and O–H groups in total. The third kappa shape index (κ3) is 3.07. The summed E-state index contributed by atoms with van der Waals surface area (Å²) in [4.78, 5) is 4.51. The van der Waals surface area contributed by atoms with E-state index in [1.807, 2.05) is 71.6 Å². The third-order valence-corrected chi connectivity index (χ3v) is 4.37. The summed E-state index contributed by atoms with van der Waals surface area (Å²) in [5, 5.41) is 13.2. The molecule has 4 aromatic rings. The zero-order chi connectivity index (χ0) is 17.9. The molecule has 5 heteroatoms. The van der Waals surface area contributed by atoms with Crippen molar-refractivity contribution >= 4 is 16.7 Å². The summed E-state index contributed by atoms with van der Waals surface area (Å²) in [6, 6.07) is 21.3. The standard InChI is InChI=1S/C21H19N3O2/c1-26-18-9-7-17(8-10-18)24-14-23-19-12-16(6-11-20(19)24)22-13-15-4-2-3-5-21(15)25/h2-12,14,22,25H,13H2,1H3. The fourth-order valence-electron chi connectivity index (χ4n) is 2.93. The van der Waals surface area contributed by atoms with Crippen LogP contribution in [0.4, 0.5) is 5.69 Å². The van der Waals surface area contributed by atoms with Crippen LogP contribution in [-0.4, -0.2) is 21.8 Å². The van der Waals surface area contributed by atoms with Crippen molar-refractivity contribution in [2.75, 3.05) is 12.4 Å². The number of nitrogens with zero attached hydrogens (tertiary/aromatic N) is 2. The fraction of sp³-hybridized carbons (Fsp3) is 0.0952. The first kappa shape index (κ1) is 16.0. The van der Waals surface area contributed by atoms with E-state index < -0.39 is 0 Å². The molecule has 0 unspecified atom stereocenters. The predicted octanol–water partition coefficient (Wildman–Crippen LogP) is 4.35. The maximum atomic E-state index is 9.86. The van der Waals surface area contributed by atoms with E-state index in [4.69, 9.17) is 4.74 Å². The van der Waals surface area contributed by atoms with Gasteiger partial charge in [0.15, 0.2) is 0 Å². The van der Waals surface area contributed by atoms with Crippen molar-refractivity contribution < 1.29 is 9.84 Å². The number of imidazole rings is 1. The van der Waals surface area contributed by atoms with Crippen molar-refractivity contribution in [2.24, 2.45) is 0 Å². The summed E-state index contributed by atoms with van der Waals surface area (Å²) in [6.07, 6.45) is 1.82. The van der Waals surface area contributed by atoms with Crippen LogP contribution >= 0.6 is 0 Å². The normalized spacial score (nSPS) is 10.8. The molecule has 3 aromatic carbocycles. The second-order valence-corrected chi connectivity index (χ2v) is 6.00. The summed E-state index contributed by atoms with van der Waals surface area (Å²) >= 11 is 0. The Morgan fingerprint density at radius 2 is 1.85 bits per heavy atom. The number of phenolic OH excluding ortho intramolecular Hbond substituents is 1. The molecule has 0 spiro atoms. The zero-order valence-electron chi connectivity index (χ0n) is 14.4. The molecule has 0 aliphatic heterocycles. The third-order valence-electron chi connectivity index (χ3n) is 4.37. The van der Waals surface area contributed by atoms with Gasteiger partial charge in [0.2, 0.25) is 0 Å². The Bertz CT molecular complexity index is 1040. The lowest BCUT2D eigenvalue weighted by molar-refractivity contribution is 0.415. The number of nitrogens with one attached hydrogen (secondary N) is 1. The highest BCUT2D eigenvalue weighted by atomic mass is 16.5. The summed E-state index contributed by atoms with van der Waals surface area (Å²) in [7, 11) is 1.66. The van der Waals surface area contributed by atoms with Crippen LogP contribution < -0.4 is 10.1 Å². The van der Waals surface area contributed by atoms with Gasteiger partial charge in [-0.1, -0.05) is 18.2 Å². The van der Waals surface area contributed by atoms with Crippen LogP contribution in [0.25, 0.3) is 16.7 Å². The monoisotopic (exact) mass is 345 g/mol. The number of aromatic nitrogens is 2. The van der Waals surface area contributed by atoms with E-state index >= 15 is 0 Å². The van der Waals surface area contributed by atoms with Crippen molar-refractivity contribution in [3.05, 3.63) is 78.6 Å². The van der Waals surface area contributed by atoms with Crippen molar-refractivity contribution in [3.8, 4) is 17.2 Å². The Morgan fingerprint density at radius 1 is 1.04 bits per heavy atom. The van der Waals surface area contributed by atoms with Gasteiger partial charge in [-0.05, 0) is 48.5 Å². The van der Waals surface area contributed by atoms with Crippen molar-refractivity contribution in [1.82, 2.24) is 9.55 Å². The van der Waals surface area contributed by atoms with Gasteiger partial charge in [-0.3, -0.25) is 4.57 Å². The van der Waals surface area contributed by atoms with Crippen LogP contribution in [0.15, 0.2) is 73.1 Å². The Hall–Kier alpha value is -3.47. The van der Waals surface area contributed by atoms with Gasteiger partial charge >= 0.3 is 0 Å². The predicted molar refractivity (Wildman–Crippen MR) is 103 cm³/mol. The highest BCUT2D eigenvalue weighted by Crippen LogP contribution is 2.24. The molecule has 1 heterocycles. The lowest BCUT2D eigenvalue weighted by Gasteiger charge is -2.09. The number of hydrogen-bond acceptors (Lipinski definition) is 4. The zero-order valence-corrected chi connectivity index (χ0v) is 14.4. The first-order chi connectivity index (χ1) is 12.7. The van der Waals surface area contributed by atoms with E-state index in [9.17, 15) is 5.11 Å². The molecular formula is C21H19N3O2. The minimum Gasteiger partial charge on any atom is -0.508 e. The maximum Gasteiger partial charge on any atom is 0.120 e. The molecule has 0 saturated heterocycles. The highest BCUT2D eigenvalue weighted by Gasteiger charge is 2.06. The first-order valence-electron chi connectivity index (χ1n) is 8.37. The second kappa shape index (κ2) is 6.80. The molecule has 0 aliphatic carbocycles. The van der Waals surface area contributed by atoms with Crippen molar-refractivity contribution in [1.29, 1.82) is 0 Å². The number of rotatable bonds is 5. The molecule has 130 valence electrons. The minimum atomic E-state index is 0.296. The number of phenols is 1. The van der Waals surface area contributed by atoms with Gasteiger partial charge in [0.05, 0.1) is 18.1 Å². The molecule has 5 nitrogen and oxygen atoms in total. The molecule has 0 saturated carbocycles. The Morgan fingerprint density at radius 3 is 2.62 bits per heavy atom. The lowest BCUT2D eigenvalue weighted by Crippen LogP contribution is -1.99. The molecular weight excluding hydrogens is 326 g/mol. The van der Waals surface area contributed by atoms with E-state index in [1.165, 1.54) is 0 Å². The van der Waals surface area contributed by atoms with E-state index in [0.717, 1.165) is 33.7 Å². The van der Waals surface area contributed by atoms with Crippen LogP contribution in [0.2, 0.25) is 0 Å². The average Bonchev–Trinajstić information content (AvgIpc) is 3.10. The average molecular weight is 345 g/mol. The maximum absolute atomic E-state index is 9.86. The number of hydrogen-bond donors (Lipinski definition) is 2. The fourth-order valence-corrected chi connectivity index (χ4v) is 2.93. The van der Waals surface area contributed by atoms with E-state index in [2.05, 4.69) is 10.3 Å². The number of methoxy groups -OCH3 is 1. The SMILES string of the molecule is COc1ccc(-n2cnc3cc(NCc4ccccc4O)ccc32)cc1. The number of fused-ring (bicyclic) bond motifs is 1. The number of ether oxygens (including phenoxy) is 1. The summed E-state index contributed by atoms with van der Waals surface area (Å²) < 4.78 is 7.25. The van der Waals surface area contributed by atoms with Gasteiger partial charge in [0.25, 0.3) is 0 Å². The highest BCUT2D eigenvalue weighted by molar-refractivity contribution is 5.81. The number of para-hydroxylation sites is 1. The molecule has 26 heavy (non-hydrogen) atoms. The Labute approximate surface area is 151 Å². The molecule has 0 bridgehead atoms. The molecule has 0 atom stereocenters. The van der Waals surface area contributed by atoms with Crippen LogP contribution in [0.1, 0.15) is 5.56 Å². The summed E-state index contributed by atoms with van der Waals surface area (Å²) in [6.45, 7) is 0.553. The van der Waals surface area contributed by atoms with E-state index in [1.54, 1.807) is 13.2 Å². The van der Waals surface area contributed by atoms with Gasteiger partial charge in [0.1, 0.15) is 17.8 Å². The van der Waals surface area contributed by atoms with Crippen LogP contribution in [-0.2, 0) is 6.54 Å². The number of aromatic hydroxyl groups is 1. The summed E-state index contributed by atoms with van der Waals surface area (Å²) in [5.74, 6) is 1.12. The second-order valence-electron chi connectivity index (χ2n) is 6.00. The van der Waals surface area contributed by atoms with E-state index in [0.29, 0.717) is 12.3 Å². The van der Waals surface area contributed by atoms with Crippen LogP contribution in [0.5, 0.6) is 11.5 Å². The van der Waals surface area contributed by atoms with Crippen molar-refractivity contribution in [2.45, 2.75) is 6.54 Å². The van der Waals surface area contributed by atoms with Crippen LogP contribution in [0.3, 0.4) is 0 Å². The first-order valence-corrected chi connectivity index (χ1v) is 8.37. The van der Waals surface area contributed by atoms with Gasteiger partial charge in [-0.15, -0.1) is 0 Å². The molecule has 4 rings (SSSR count). The smallest absolute Gasteiger partial charge is 0.120 e. The van der Waals surface area contributed by atoms with Gasteiger partial charge in [0, 0.05) is 23.5 Å². The van der Waals surface area contributed by atoms with Gasteiger partial charge in [-0.25, -0.2) is 4.98 Å². The number of benzene rings is 3. The summed E-state index contributed by atoms with van der Waals surface area (Å²) in [5.41, 5.74) is 4.78. The molecule has 1 aromatic heterocycles. The van der Waals surface area contributed by atoms with Crippen LogP contribution in [0, 0.1) is 0 Å². The molecule has 0 amide bonds. The number of anilines is 1. The van der Waals surface area contributed by atoms with Crippen molar-refractivity contribution in [3.63, 3.8) is 0 Å². The topological polar surface area (TPSA) is 59.3 Å². The lowest BCUT2D eigenvalue weighted by atomic mass is 10.2. The molecule has 0 aliphatic rings. The van der Waals surface area contributed by atoms with Gasteiger partial charge < -0.3 is 15.2 Å². The minimum absolute atomic E-state index is 0.296. The quantitative estimate of drug-likeness (QED) is 0.564. The Kier molecular flexibility index (Phi) is 4.19. The van der Waals surface area contributed by atoms with Gasteiger partial charge in [-0.2, -0.15) is 0 Å². The van der Waals surface area contributed by atoms with E-state index in [-0.39, 0.29) is 0 Å². The Balaban J connectivity index is 1.57. The molecule has 0 radical (unpaired) electrons. The largest absolute Gasteiger partial charge is 0.508 e. The molecule has 0 fully saturated rings.